The van der Waals surface area contributed by atoms with E-state index in [2.05, 4.69) is 37.2 Å². The fourth-order valence-electron chi connectivity index (χ4n) is 5.29. The van der Waals surface area contributed by atoms with E-state index in [1.807, 2.05) is 0 Å². The van der Waals surface area contributed by atoms with Gasteiger partial charge in [-0.1, -0.05) is 30.3 Å². The van der Waals surface area contributed by atoms with Crippen LogP contribution < -0.4 is 48.7 Å². The maximum atomic E-state index is 13.5. The van der Waals surface area contributed by atoms with E-state index in [1.165, 1.54) is 0 Å². The highest BCUT2D eigenvalue weighted by atomic mass is 16.3. The van der Waals surface area contributed by atoms with Gasteiger partial charge in [-0.25, -0.2) is 0 Å². The molecule has 1 fully saturated rings. The Kier molecular flexibility index (Phi) is 18.9. The Morgan fingerprint density at radius 3 is 2.04 bits per heavy atom. The van der Waals surface area contributed by atoms with Crippen molar-refractivity contribution in [1.29, 1.82) is 0 Å². The molecule has 1 aliphatic heterocycles. The number of amides is 8. The summed E-state index contributed by atoms with van der Waals surface area (Å²) in [5.41, 5.74) is 11.4. The number of carbonyl (C=O) groups excluding carboxylic acids is 8. The number of aliphatic hydroxyl groups is 4. The van der Waals surface area contributed by atoms with Crippen molar-refractivity contribution in [2.24, 2.45) is 11.5 Å². The predicted octanol–water partition coefficient (Wildman–Crippen LogP) is -6.61. The number of benzene rings is 1. The smallest absolute Gasteiger partial charge is 0.245 e. The van der Waals surface area contributed by atoms with Crippen LogP contribution in [-0.2, 0) is 44.8 Å². The highest BCUT2D eigenvalue weighted by Gasteiger charge is 2.35. The van der Waals surface area contributed by atoms with E-state index in [-0.39, 0.29) is 45.1 Å². The lowest BCUT2D eigenvalue weighted by atomic mass is 10.0. The van der Waals surface area contributed by atoms with Crippen molar-refractivity contribution in [3.8, 4) is 0 Å². The zero-order valence-corrected chi connectivity index (χ0v) is 29.8. The molecular weight excluding hydrogens is 714 g/mol. The topological polar surface area (TPSA) is 354 Å². The predicted molar refractivity (Wildman–Crippen MR) is 188 cm³/mol. The van der Waals surface area contributed by atoms with Gasteiger partial charge >= 0.3 is 0 Å². The summed E-state index contributed by atoms with van der Waals surface area (Å²) in [6.45, 7) is -1.49. The van der Waals surface area contributed by atoms with Crippen molar-refractivity contribution in [2.45, 2.75) is 93.8 Å². The van der Waals surface area contributed by atoms with Crippen LogP contribution in [0.3, 0.4) is 0 Å². The summed E-state index contributed by atoms with van der Waals surface area (Å²) in [5.74, 6) is -7.51. The van der Waals surface area contributed by atoms with Gasteiger partial charge in [-0.15, -0.1) is 0 Å². The summed E-state index contributed by atoms with van der Waals surface area (Å²) < 4.78 is 0. The number of primary amides is 2. The quantitative estimate of drug-likeness (QED) is 0.0839. The van der Waals surface area contributed by atoms with E-state index in [0.29, 0.717) is 5.56 Å². The molecule has 2 unspecified atom stereocenters. The third-order valence-corrected chi connectivity index (χ3v) is 8.42. The highest BCUT2D eigenvalue weighted by molar-refractivity contribution is 5.97. The van der Waals surface area contributed by atoms with Crippen LogP contribution in [0, 0.1) is 0 Å². The van der Waals surface area contributed by atoms with Crippen molar-refractivity contribution in [3.63, 3.8) is 0 Å². The van der Waals surface area contributed by atoms with E-state index < -0.39 is 115 Å². The third kappa shape index (κ3) is 14.7. The molecule has 21 nitrogen and oxygen atoms in total. The largest absolute Gasteiger partial charge is 0.394 e. The van der Waals surface area contributed by atoms with Crippen molar-refractivity contribution in [2.75, 3.05) is 26.4 Å². The van der Waals surface area contributed by atoms with Gasteiger partial charge in [0.1, 0.15) is 36.3 Å². The molecule has 0 aliphatic carbocycles. The summed E-state index contributed by atoms with van der Waals surface area (Å²) in [7, 11) is 0. The molecule has 21 heteroatoms. The molecule has 0 bridgehead atoms. The van der Waals surface area contributed by atoms with Crippen LogP contribution in [0.4, 0.5) is 0 Å². The van der Waals surface area contributed by atoms with Crippen LogP contribution in [-0.4, -0.2) is 142 Å². The molecule has 54 heavy (non-hydrogen) atoms. The number of aliphatic hydroxyl groups excluding tert-OH is 4. The van der Waals surface area contributed by atoms with Gasteiger partial charge in [0.2, 0.25) is 47.3 Å². The molecular formula is C33H51N9O12. The van der Waals surface area contributed by atoms with E-state index in [4.69, 9.17) is 11.5 Å². The molecule has 0 aromatic heterocycles. The lowest BCUT2D eigenvalue weighted by Gasteiger charge is -2.28. The Morgan fingerprint density at radius 1 is 0.815 bits per heavy atom. The van der Waals surface area contributed by atoms with Crippen LogP contribution in [0.15, 0.2) is 30.3 Å². The Bertz CT molecular complexity index is 1470. The van der Waals surface area contributed by atoms with Crippen LogP contribution in [0.2, 0.25) is 0 Å². The zero-order chi connectivity index (χ0) is 40.4. The number of rotatable bonds is 14. The Hall–Kier alpha value is -5.22. The first-order valence-electron chi connectivity index (χ1n) is 17.3. The summed E-state index contributed by atoms with van der Waals surface area (Å²) in [5, 5.41) is 56.6. The van der Waals surface area contributed by atoms with Gasteiger partial charge in [0.05, 0.1) is 32.0 Å². The molecule has 2 rings (SSSR count). The SMILES string of the molecule is C[C@@H](O)[C@@H]1NC(=O)C(N[C@@H](CO)C(N)=O)CCC(=O)NCCCCC(C(=O)N[C@@H](CO)C(=O)N[C@@H](Cc2ccccc2)C(N)=O)NC(=O)[C@H](CO)NC1=O. The summed E-state index contributed by atoms with van der Waals surface area (Å²) in [6, 6.07) is -1.83. The van der Waals surface area contributed by atoms with Gasteiger partial charge in [-0.05, 0) is 38.2 Å². The number of nitrogens with one attached hydrogen (secondary N) is 7. The number of hydrogen-bond donors (Lipinski definition) is 13. The number of carbonyl (C=O) groups is 8. The normalized spacial score (nSPS) is 23.0. The van der Waals surface area contributed by atoms with Gasteiger partial charge < -0.3 is 63.8 Å². The number of hydrogen-bond acceptors (Lipinski definition) is 13. The molecule has 300 valence electrons. The van der Waals surface area contributed by atoms with E-state index in [9.17, 15) is 58.8 Å². The van der Waals surface area contributed by atoms with Crippen molar-refractivity contribution in [1.82, 2.24) is 37.2 Å². The standard InChI is InChI=1S/C33H51N9O12/c1-17(46)26-33(54)41-24(16-45)31(52)38-19(9-5-6-12-36-25(47)11-10-20(30(51)42-26)37-22(14-43)28(35)49)29(50)40-23(15-44)32(53)39-21(27(34)48)13-18-7-3-2-4-8-18/h2-4,7-8,17,19-24,26,37,43-46H,5-6,9-16H2,1H3,(H2,34,48)(H2,35,49)(H,36,47)(H,38,52)(H,39,53)(H,40,50)(H,41,54)(H,42,51)/t17-,19?,20?,21+,22+,23+,24+,26+/m1/s1. The monoisotopic (exact) mass is 765 g/mol. The molecule has 0 spiro atoms. The van der Waals surface area contributed by atoms with Gasteiger partial charge in [-0.3, -0.25) is 43.7 Å². The fourth-order valence-corrected chi connectivity index (χ4v) is 5.29. The average molecular weight is 766 g/mol. The molecule has 8 amide bonds. The van der Waals surface area contributed by atoms with Crippen molar-refractivity contribution < 1.29 is 58.8 Å². The van der Waals surface area contributed by atoms with Crippen LogP contribution in [0.1, 0.15) is 44.6 Å². The minimum atomic E-state index is -1.74. The van der Waals surface area contributed by atoms with Crippen LogP contribution in [0.5, 0.6) is 0 Å². The molecule has 1 aromatic carbocycles. The van der Waals surface area contributed by atoms with Crippen LogP contribution >= 0.6 is 0 Å². The van der Waals surface area contributed by atoms with Gasteiger partial charge in [-0.2, -0.15) is 0 Å². The summed E-state index contributed by atoms with van der Waals surface area (Å²) in [4.78, 5) is 103. The summed E-state index contributed by atoms with van der Waals surface area (Å²) in [6.07, 6.45) is -1.71. The molecule has 0 saturated carbocycles. The van der Waals surface area contributed by atoms with E-state index in [1.54, 1.807) is 30.3 Å². The minimum Gasteiger partial charge on any atom is -0.394 e. The van der Waals surface area contributed by atoms with Crippen molar-refractivity contribution in [3.05, 3.63) is 35.9 Å². The second-order valence-electron chi connectivity index (χ2n) is 12.7. The van der Waals surface area contributed by atoms with Crippen molar-refractivity contribution >= 4 is 47.3 Å². The zero-order valence-electron chi connectivity index (χ0n) is 29.8. The van der Waals surface area contributed by atoms with E-state index >= 15 is 0 Å². The van der Waals surface area contributed by atoms with E-state index in [0.717, 1.165) is 6.92 Å². The van der Waals surface area contributed by atoms with Gasteiger partial charge in [0, 0.05) is 19.4 Å². The first kappa shape index (κ1) is 44.9. The highest BCUT2D eigenvalue weighted by Crippen LogP contribution is 2.08. The van der Waals surface area contributed by atoms with Gasteiger partial charge in [0.25, 0.3) is 0 Å². The fraction of sp³-hybridized carbons (Fsp3) is 0.576. The van der Waals surface area contributed by atoms with Crippen LogP contribution in [0.25, 0.3) is 0 Å². The average Bonchev–Trinajstić information content (AvgIpc) is 3.13. The Labute approximate surface area is 310 Å². The Balaban J connectivity index is 2.28. The first-order chi connectivity index (χ1) is 25.6. The lowest BCUT2D eigenvalue weighted by Crippen LogP contribution is -2.62. The first-order valence-corrected chi connectivity index (χ1v) is 17.3. The maximum absolute atomic E-state index is 13.5. The molecule has 1 saturated heterocycles. The lowest BCUT2D eigenvalue weighted by molar-refractivity contribution is -0.137. The Morgan fingerprint density at radius 2 is 1.46 bits per heavy atom. The molecule has 1 heterocycles. The number of nitrogens with two attached hydrogens (primary N) is 2. The molecule has 8 atom stereocenters. The van der Waals surface area contributed by atoms with Gasteiger partial charge in [0.15, 0.2) is 0 Å². The second-order valence-corrected chi connectivity index (χ2v) is 12.7. The molecule has 1 aliphatic rings. The molecule has 1 aromatic rings. The summed E-state index contributed by atoms with van der Waals surface area (Å²) >= 11 is 0. The second kappa shape index (κ2) is 22.8. The maximum Gasteiger partial charge on any atom is 0.245 e. The molecule has 15 N–H and O–H groups in total. The molecule has 0 radical (unpaired) electrons. The third-order valence-electron chi connectivity index (χ3n) is 8.42. The minimum absolute atomic E-state index is 0.0219.